The van der Waals surface area contributed by atoms with Crippen molar-refractivity contribution in [1.82, 2.24) is 40.3 Å². The molecule has 0 radical (unpaired) electrons. The summed E-state index contributed by atoms with van der Waals surface area (Å²) in [4.78, 5) is 29.9. The van der Waals surface area contributed by atoms with Gasteiger partial charge in [-0.05, 0) is 61.7 Å². The van der Waals surface area contributed by atoms with Crippen LogP contribution in [0.3, 0.4) is 0 Å². The van der Waals surface area contributed by atoms with Gasteiger partial charge in [0.15, 0.2) is 5.82 Å². The molecule has 3 N–H and O–H groups in total. The van der Waals surface area contributed by atoms with E-state index in [0.29, 0.717) is 23.3 Å². The predicted octanol–water partition coefficient (Wildman–Crippen LogP) is 3.35. The van der Waals surface area contributed by atoms with Gasteiger partial charge in [0.25, 0.3) is 5.91 Å². The summed E-state index contributed by atoms with van der Waals surface area (Å²) in [6.07, 6.45) is 7.88. The molecule has 1 unspecified atom stereocenters. The number of hydrogen-bond donors (Lipinski definition) is 3. The van der Waals surface area contributed by atoms with Crippen LogP contribution in [0.2, 0.25) is 0 Å². The van der Waals surface area contributed by atoms with E-state index >= 15 is 0 Å². The van der Waals surface area contributed by atoms with Gasteiger partial charge >= 0.3 is 0 Å². The number of rotatable bonds is 6. The lowest BCUT2D eigenvalue weighted by Crippen LogP contribution is -2.52. The number of benzene rings is 1. The minimum absolute atomic E-state index is 0.0139. The van der Waals surface area contributed by atoms with E-state index < -0.39 is 0 Å². The van der Waals surface area contributed by atoms with Crippen LogP contribution in [0.1, 0.15) is 41.4 Å². The molecule has 9 heteroatoms. The second kappa shape index (κ2) is 9.48. The quantitative estimate of drug-likeness (QED) is 0.388. The average molecular weight is 485 g/mol. The van der Waals surface area contributed by atoms with Crippen LogP contribution in [0, 0.1) is 6.92 Å². The van der Waals surface area contributed by atoms with Crippen molar-refractivity contribution in [3.63, 3.8) is 0 Å². The summed E-state index contributed by atoms with van der Waals surface area (Å²) in [5.41, 5.74) is 6.72. The van der Waals surface area contributed by atoms with Gasteiger partial charge in [0, 0.05) is 55.6 Å². The number of aromatic amines is 2. The number of nitrogens with one attached hydrogen (secondary N) is 3. The van der Waals surface area contributed by atoms with Gasteiger partial charge in [-0.2, -0.15) is 5.10 Å². The Hall–Kier alpha value is -3.56. The molecule has 3 aromatic heterocycles. The Morgan fingerprint density at radius 2 is 2.11 bits per heavy atom. The minimum atomic E-state index is 0.0139. The molecule has 9 nitrogen and oxygen atoms in total. The van der Waals surface area contributed by atoms with E-state index in [-0.39, 0.29) is 5.91 Å². The maximum atomic E-state index is 13.2. The van der Waals surface area contributed by atoms with Gasteiger partial charge in [-0.1, -0.05) is 13.0 Å². The van der Waals surface area contributed by atoms with Crippen molar-refractivity contribution >= 4 is 16.8 Å². The lowest BCUT2D eigenvalue weighted by molar-refractivity contribution is 0.0566. The van der Waals surface area contributed by atoms with Crippen molar-refractivity contribution in [2.75, 3.05) is 32.7 Å². The Labute approximate surface area is 210 Å². The number of piperazine rings is 1. The van der Waals surface area contributed by atoms with Crippen LogP contribution in [0.4, 0.5) is 0 Å². The third kappa shape index (κ3) is 4.08. The first kappa shape index (κ1) is 22.9. The van der Waals surface area contributed by atoms with E-state index in [9.17, 15) is 4.79 Å². The normalized spacial score (nSPS) is 18.2. The summed E-state index contributed by atoms with van der Waals surface area (Å²) >= 11 is 0. The number of fused-ring (bicyclic) bond motifs is 2. The lowest BCUT2D eigenvalue weighted by Gasteiger charge is -2.37. The molecule has 5 heterocycles. The first-order chi connectivity index (χ1) is 17.6. The van der Waals surface area contributed by atoms with E-state index in [0.717, 1.165) is 61.3 Å². The van der Waals surface area contributed by atoms with Crippen LogP contribution in [-0.4, -0.2) is 79.6 Å². The Kier molecular flexibility index (Phi) is 6.02. The molecule has 36 heavy (non-hydrogen) atoms. The fourth-order valence-electron chi connectivity index (χ4n) is 5.56. The van der Waals surface area contributed by atoms with Gasteiger partial charge in [0.1, 0.15) is 11.4 Å². The predicted molar refractivity (Wildman–Crippen MR) is 140 cm³/mol. The number of H-pyrrole nitrogens is 2. The Bertz CT molecular complexity index is 1410. The summed E-state index contributed by atoms with van der Waals surface area (Å²) in [7, 11) is 0. The first-order valence-electron chi connectivity index (χ1n) is 12.8. The molecule has 2 aliphatic heterocycles. The number of aromatic nitrogens is 5. The SMILES string of the molecule is CCNCc1cncc(-c2ccc3[nH]nc(-c4ncc(C(=O)N5CCN6CCCC6C5)[nH]4)c3c2)c1C. The fraction of sp³-hybridized carbons (Fsp3) is 0.407. The number of hydrogen-bond acceptors (Lipinski definition) is 6. The van der Waals surface area contributed by atoms with Crippen LogP contribution >= 0.6 is 0 Å². The number of carbonyl (C=O) groups excluding carboxylic acids is 1. The van der Waals surface area contributed by atoms with Gasteiger partial charge in [-0.3, -0.25) is 19.8 Å². The molecule has 1 aromatic carbocycles. The largest absolute Gasteiger partial charge is 0.334 e. The van der Waals surface area contributed by atoms with Crippen LogP contribution < -0.4 is 5.32 Å². The van der Waals surface area contributed by atoms with Crippen molar-refractivity contribution in [2.45, 2.75) is 39.3 Å². The minimum Gasteiger partial charge on any atom is -0.334 e. The fourth-order valence-corrected chi connectivity index (χ4v) is 5.56. The molecule has 2 fully saturated rings. The highest BCUT2D eigenvalue weighted by molar-refractivity contribution is 5.96. The molecule has 6 rings (SSSR count). The number of nitrogens with zero attached hydrogens (tertiary/aromatic N) is 5. The highest BCUT2D eigenvalue weighted by Crippen LogP contribution is 2.31. The van der Waals surface area contributed by atoms with Crippen molar-refractivity contribution < 1.29 is 4.79 Å². The molecular formula is C27H32N8O. The van der Waals surface area contributed by atoms with Gasteiger partial charge in [-0.15, -0.1) is 0 Å². The monoisotopic (exact) mass is 484 g/mol. The van der Waals surface area contributed by atoms with Crippen LogP contribution in [-0.2, 0) is 6.54 Å². The summed E-state index contributed by atoms with van der Waals surface area (Å²) in [6, 6.07) is 6.74. The maximum absolute atomic E-state index is 13.2. The Morgan fingerprint density at radius 3 is 3.00 bits per heavy atom. The molecule has 4 aromatic rings. The van der Waals surface area contributed by atoms with E-state index in [1.165, 1.54) is 24.0 Å². The molecule has 0 aliphatic carbocycles. The molecule has 2 saturated heterocycles. The number of amides is 1. The molecule has 0 spiro atoms. The lowest BCUT2D eigenvalue weighted by atomic mass is 9.98. The van der Waals surface area contributed by atoms with Crippen LogP contribution in [0.25, 0.3) is 33.5 Å². The molecule has 1 atom stereocenters. The average Bonchev–Trinajstić information content (AvgIpc) is 3.66. The smallest absolute Gasteiger partial charge is 0.272 e. The first-order valence-corrected chi connectivity index (χ1v) is 12.8. The topological polar surface area (TPSA) is 106 Å². The zero-order valence-corrected chi connectivity index (χ0v) is 20.8. The molecular weight excluding hydrogens is 452 g/mol. The summed E-state index contributed by atoms with van der Waals surface area (Å²) in [5.74, 6) is 0.608. The number of imidazole rings is 1. The zero-order chi connectivity index (χ0) is 24.6. The third-order valence-corrected chi connectivity index (χ3v) is 7.66. The van der Waals surface area contributed by atoms with Crippen molar-refractivity contribution in [3.8, 4) is 22.6 Å². The summed E-state index contributed by atoms with van der Waals surface area (Å²) in [6.45, 7) is 9.61. The second-order valence-electron chi connectivity index (χ2n) is 9.81. The highest BCUT2D eigenvalue weighted by Gasteiger charge is 2.33. The number of carbonyl (C=O) groups is 1. The van der Waals surface area contributed by atoms with E-state index in [4.69, 9.17) is 0 Å². The second-order valence-corrected chi connectivity index (χ2v) is 9.81. The summed E-state index contributed by atoms with van der Waals surface area (Å²) < 4.78 is 0. The van der Waals surface area contributed by atoms with Crippen molar-refractivity contribution in [1.29, 1.82) is 0 Å². The van der Waals surface area contributed by atoms with Gasteiger partial charge in [0.05, 0.1) is 11.7 Å². The molecule has 1 amide bonds. The van der Waals surface area contributed by atoms with E-state index in [2.05, 4.69) is 61.3 Å². The van der Waals surface area contributed by atoms with Crippen LogP contribution in [0.5, 0.6) is 0 Å². The van der Waals surface area contributed by atoms with Gasteiger partial charge < -0.3 is 15.2 Å². The van der Waals surface area contributed by atoms with Crippen molar-refractivity contribution in [3.05, 3.63) is 53.6 Å². The van der Waals surface area contributed by atoms with E-state index in [1.807, 2.05) is 23.4 Å². The number of pyridine rings is 1. The maximum Gasteiger partial charge on any atom is 0.272 e. The standard InChI is InChI=1S/C27H32N8O/c1-3-28-12-19-13-29-14-22(17(19)2)18-6-7-23-21(11-18)25(33-32-23)26-30-15-24(31-26)27(36)35-10-9-34-8-4-5-20(34)16-35/h6-7,11,13-15,20,28H,3-5,8-10,12,16H2,1-2H3,(H,30,31)(H,32,33). The van der Waals surface area contributed by atoms with Gasteiger partial charge in [0.2, 0.25) is 0 Å². The Morgan fingerprint density at radius 1 is 1.19 bits per heavy atom. The van der Waals surface area contributed by atoms with Gasteiger partial charge in [-0.25, -0.2) is 4.98 Å². The van der Waals surface area contributed by atoms with Crippen LogP contribution in [0.15, 0.2) is 36.8 Å². The molecule has 2 aliphatic rings. The molecule has 0 bridgehead atoms. The Balaban J connectivity index is 1.28. The highest BCUT2D eigenvalue weighted by atomic mass is 16.2. The van der Waals surface area contributed by atoms with E-state index in [1.54, 1.807) is 6.20 Å². The third-order valence-electron chi connectivity index (χ3n) is 7.66. The molecule has 186 valence electrons. The van der Waals surface area contributed by atoms with Crippen molar-refractivity contribution in [2.24, 2.45) is 0 Å². The molecule has 0 saturated carbocycles. The summed E-state index contributed by atoms with van der Waals surface area (Å²) in [5, 5.41) is 12.0. The zero-order valence-electron chi connectivity index (χ0n) is 20.8.